The SMILES string of the molecule is CCN(CC)C(=O)C(C)NCc1csc([N+](=O)[O-])c1. The van der Waals surface area contributed by atoms with Crippen LogP contribution in [0.5, 0.6) is 0 Å². The molecule has 0 aromatic carbocycles. The number of nitro groups is 1. The molecule has 0 aliphatic rings. The molecule has 0 saturated carbocycles. The number of thiophene rings is 1. The molecule has 19 heavy (non-hydrogen) atoms. The first-order valence-corrected chi connectivity index (χ1v) is 7.11. The van der Waals surface area contributed by atoms with Crippen molar-refractivity contribution in [2.45, 2.75) is 33.4 Å². The molecule has 0 saturated heterocycles. The molecular weight excluding hydrogens is 266 g/mol. The third-order valence-corrected chi connectivity index (χ3v) is 3.81. The molecule has 1 atom stereocenters. The molecule has 0 radical (unpaired) electrons. The zero-order valence-electron chi connectivity index (χ0n) is 11.4. The first-order valence-electron chi connectivity index (χ1n) is 6.23. The van der Waals surface area contributed by atoms with Crippen molar-refractivity contribution in [3.05, 3.63) is 27.1 Å². The highest BCUT2D eigenvalue weighted by atomic mass is 32.1. The normalized spacial score (nSPS) is 12.2. The number of rotatable bonds is 7. The number of carbonyl (C=O) groups is 1. The maximum Gasteiger partial charge on any atom is 0.324 e. The maximum absolute atomic E-state index is 12.0. The van der Waals surface area contributed by atoms with Gasteiger partial charge in [0.2, 0.25) is 5.91 Å². The maximum atomic E-state index is 12.0. The second-order valence-electron chi connectivity index (χ2n) is 4.16. The van der Waals surface area contributed by atoms with Crippen LogP contribution < -0.4 is 5.32 Å². The van der Waals surface area contributed by atoms with Gasteiger partial charge in [-0.3, -0.25) is 14.9 Å². The van der Waals surface area contributed by atoms with E-state index in [0.29, 0.717) is 19.6 Å². The van der Waals surface area contributed by atoms with Crippen molar-refractivity contribution in [1.82, 2.24) is 10.2 Å². The minimum Gasteiger partial charge on any atom is -0.342 e. The summed E-state index contributed by atoms with van der Waals surface area (Å²) in [5.41, 5.74) is 0.830. The van der Waals surface area contributed by atoms with Gasteiger partial charge in [-0.15, -0.1) is 0 Å². The van der Waals surface area contributed by atoms with Gasteiger partial charge >= 0.3 is 5.00 Å². The molecular formula is C12H19N3O3S. The summed E-state index contributed by atoms with van der Waals surface area (Å²) in [5.74, 6) is 0.0507. The standard InChI is InChI=1S/C12H19N3O3S/c1-4-14(5-2)12(16)9(3)13-7-10-6-11(15(17)18)19-8-10/h6,8-9,13H,4-5,7H2,1-3H3. The molecule has 0 fully saturated rings. The predicted octanol–water partition coefficient (Wildman–Crippen LogP) is 2.00. The number of hydrogen-bond acceptors (Lipinski definition) is 5. The topological polar surface area (TPSA) is 75.5 Å². The van der Waals surface area contributed by atoms with Crippen molar-refractivity contribution in [2.75, 3.05) is 13.1 Å². The summed E-state index contributed by atoms with van der Waals surface area (Å²) in [5, 5.41) is 15.5. The minimum absolute atomic E-state index is 0.0507. The van der Waals surface area contributed by atoms with E-state index in [1.165, 1.54) is 6.07 Å². The van der Waals surface area contributed by atoms with Crippen molar-refractivity contribution in [3.8, 4) is 0 Å². The molecule has 1 aromatic heterocycles. The van der Waals surface area contributed by atoms with Gasteiger partial charge in [-0.1, -0.05) is 11.3 Å². The van der Waals surface area contributed by atoms with Gasteiger partial charge in [0.05, 0.1) is 11.0 Å². The van der Waals surface area contributed by atoms with Crippen molar-refractivity contribution in [3.63, 3.8) is 0 Å². The summed E-state index contributed by atoms with van der Waals surface area (Å²) < 4.78 is 0. The minimum atomic E-state index is -0.404. The quantitative estimate of drug-likeness (QED) is 0.614. The number of likely N-dealkylation sites (N-methyl/N-ethyl adjacent to an activating group) is 1. The van der Waals surface area contributed by atoms with Gasteiger partial charge in [-0.2, -0.15) is 0 Å². The second-order valence-corrected chi connectivity index (χ2v) is 5.05. The molecule has 1 aromatic rings. The van der Waals surface area contributed by atoms with Gasteiger partial charge in [0.25, 0.3) is 0 Å². The molecule has 0 bridgehead atoms. The molecule has 0 aliphatic carbocycles. The van der Waals surface area contributed by atoms with E-state index in [0.717, 1.165) is 16.9 Å². The zero-order valence-corrected chi connectivity index (χ0v) is 12.2. The number of hydrogen-bond donors (Lipinski definition) is 1. The van der Waals surface area contributed by atoms with E-state index in [9.17, 15) is 14.9 Å². The predicted molar refractivity (Wildman–Crippen MR) is 75.2 cm³/mol. The highest BCUT2D eigenvalue weighted by Crippen LogP contribution is 2.22. The van der Waals surface area contributed by atoms with Gasteiger partial charge in [-0.05, 0) is 26.3 Å². The molecule has 7 heteroatoms. The molecule has 1 rings (SSSR count). The van der Waals surface area contributed by atoms with Crippen LogP contribution in [-0.4, -0.2) is 34.9 Å². The van der Waals surface area contributed by atoms with Crippen molar-refractivity contribution in [2.24, 2.45) is 0 Å². The lowest BCUT2D eigenvalue weighted by molar-refractivity contribution is -0.380. The van der Waals surface area contributed by atoms with Crippen molar-refractivity contribution >= 4 is 22.2 Å². The Bertz CT molecular complexity index is 443. The first-order chi connectivity index (χ1) is 8.99. The lowest BCUT2D eigenvalue weighted by atomic mass is 10.2. The van der Waals surface area contributed by atoms with Gasteiger partial charge in [0, 0.05) is 31.1 Å². The van der Waals surface area contributed by atoms with E-state index in [1.807, 2.05) is 13.8 Å². The summed E-state index contributed by atoms with van der Waals surface area (Å²) in [7, 11) is 0. The lowest BCUT2D eigenvalue weighted by Gasteiger charge is -2.23. The van der Waals surface area contributed by atoms with Crippen LogP contribution in [0.15, 0.2) is 11.4 Å². The van der Waals surface area contributed by atoms with Gasteiger partial charge in [0.15, 0.2) is 0 Å². The number of amides is 1. The largest absolute Gasteiger partial charge is 0.342 e. The number of nitrogens with zero attached hydrogens (tertiary/aromatic N) is 2. The van der Waals surface area contributed by atoms with Crippen molar-refractivity contribution < 1.29 is 9.72 Å². The Hall–Kier alpha value is -1.47. The van der Waals surface area contributed by atoms with Gasteiger partial charge in [-0.25, -0.2) is 0 Å². The summed E-state index contributed by atoms with van der Waals surface area (Å²) in [6, 6.07) is 1.24. The van der Waals surface area contributed by atoms with Gasteiger partial charge in [0.1, 0.15) is 0 Å². The Morgan fingerprint density at radius 1 is 1.53 bits per heavy atom. The van der Waals surface area contributed by atoms with Crippen LogP contribution in [0, 0.1) is 10.1 Å². The van der Waals surface area contributed by atoms with Crippen LogP contribution in [0.4, 0.5) is 5.00 Å². The smallest absolute Gasteiger partial charge is 0.324 e. The molecule has 1 N–H and O–H groups in total. The first kappa shape index (κ1) is 15.6. The fourth-order valence-corrected chi connectivity index (χ4v) is 2.45. The summed E-state index contributed by atoms with van der Waals surface area (Å²) in [4.78, 5) is 23.9. The van der Waals surface area contributed by atoms with E-state index < -0.39 is 4.92 Å². The van der Waals surface area contributed by atoms with Gasteiger partial charge < -0.3 is 10.2 Å². The lowest BCUT2D eigenvalue weighted by Crippen LogP contribution is -2.44. The molecule has 106 valence electrons. The Labute approximate surface area is 116 Å². The third kappa shape index (κ3) is 4.29. The molecule has 1 unspecified atom stereocenters. The number of nitrogens with one attached hydrogen (secondary N) is 1. The molecule has 0 spiro atoms. The highest BCUT2D eigenvalue weighted by Gasteiger charge is 2.18. The zero-order chi connectivity index (χ0) is 14.4. The van der Waals surface area contributed by atoms with Crippen LogP contribution in [0.2, 0.25) is 0 Å². The summed E-state index contributed by atoms with van der Waals surface area (Å²) in [6.07, 6.45) is 0. The fraction of sp³-hybridized carbons (Fsp3) is 0.583. The Morgan fingerprint density at radius 2 is 2.16 bits per heavy atom. The highest BCUT2D eigenvalue weighted by molar-refractivity contribution is 7.13. The van der Waals surface area contributed by atoms with Crippen molar-refractivity contribution in [1.29, 1.82) is 0 Å². The second kappa shape index (κ2) is 7.20. The van der Waals surface area contributed by atoms with E-state index in [4.69, 9.17) is 0 Å². The molecule has 6 nitrogen and oxygen atoms in total. The molecule has 1 amide bonds. The van der Waals surface area contributed by atoms with Crippen LogP contribution in [0.1, 0.15) is 26.3 Å². The monoisotopic (exact) mass is 285 g/mol. The average Bonchev–Trinajstić information content (AvgIpc) is 2.86. The Balaban J connectivity index is 2.51. The van der Waals surface area contributed by atoms with E-state index in [1.54, 1.807) is 17.2 Å². The third-order valence-electron chi connectivity index (χ3n) is 2.88. The van der Waals surface area contributed by atoms with Crippen LogP contribution in [0.25, 0.3) is 0 Å². The Morgan fingerprint density at radius 3 is 2.63 bits per heavy atom. The van der Waals surface area contributed by atoms with E-state index in [-0.39, 0.29) is 17.0 Å². The fourth-order valence-electron chi connectivity index (χ4n) is 1.72. The van der Waals surface area contributed by atoms with Crippen LogP contribution in [0.3, 0.4) is 0 Å². The van der Waals surface area contributed by atoms with Crippen LogP contribution in [-0.2, 0) is 11.3 Å². The average molecular weight is 285 g/mol. The molecule has 1 heterocycles. The Kier molecular flexibility index (Phi) is 5.91. The summed E-state index contributed by atoms with van der Waals surface area (Å²) >= 11 is 1.10. The van der Waals surface area contributed by atoms with Crippen LogP contribution >= 0.6 is 11.3 Å². The molecule has 0 aliphatic heterocycles. The summed E-state index contributed by atoms with van der Waals surface area (Å²) in [6.45, 7) is 7.52. The van der Waals surface area contributed by atoms with E-state index >= 15 is 0 Å². The van der Waals surface area contributed by atoms with E-state index in [2.05, 4.69) is 5.32 Å². The number of carbonyl (C=O) groups excluding carboxylic acids is 1.